The van der Waals surface area contributed by atoms with E-state index in [1.54, 1.807) is 0 Å². The minimum Gasteiger partial charge on any atom is -0.391 e. The number of carbonyl (C=O) groups excluding carboxylic acids is 5. The van der Waals surface area contributed by atoms with Crippen molar-refractivity contribution < 1.29 is 34.2 Å². The number of amides is 5. The summed E-state index contributed by atoms with van der Waals surface area (Å²) in [5.74, 6) is -2.69. The molecule has 0 spiro atoms. The Kier molecular flexibility index (Phi) is 18.2. The number of hydrogen-bond donors (Lipinski definition) is 5. The number of hydrogen-bond acceptors (Lipinski definition) is 7. The summed E-state index contributed by atoms with van der Waals surface area (Å²) >= 11 is 0. The van der Waals surface area contributed by atoms with E-state index in [0.717, 1.165) is 19.3 Å². The van der Waals surface area contributed by atoms with Crippen molar-refractivity contribution in [3.63, 3.8) is 0 Å². The number of likely N-dealkylation sites (tertiary alicyclic amines) is 2. The van der Waals surface area contributed by atoms with Gasteiger partial charge in [0.1, 0.15) is 24.2 Å². The van der Waals surface area contributed by atoms with Crippen molar-refractivity contribution in [1.29, 1.82) is 0 Å². The van der Waals surface area contributed by atoms with Crippen LogP contribution >= 0.6 is 0 Å². The summed E-state index contributed by atoms with van der Waals surface area (Å²) in [5.41, 5.74) is 5.31. The highest BCUT2D eigenvalue weighted by Crippen LogP contribution is 2.26. The van der Waals surface area contributed by atoms with Crippen LogP contribution in [0.1, 0.15) is 136 Å². The number of aliphatic hydroxyl groups excluding tert-OH is 2. The van der Waals surface area contributed by atoms with Crippen molar-refractivity contribution in [2.75, 3.05) is 13.1 Å². The summed E-state index contributed by atoms with van der Waals surface area (Å²) < 4.78 is 0. The van der Waals surface area contributed by atoms with E-state index in [2.05, 4.69) is 17.6 Å². The van der Waals surface area contributed by atoms with Gasteiger partial charge in [-0.2, -0.15) is 0 Å². The normalized spacial score (nSPS) is 20.6. The molecule has 0 aromatic carbocycles. The average Bonchev–Trinajstić information content (AvgIpc) is 3.70. The highest BCUT2D eigenvalue weighted by molar-refractivity contribution is 5.96. The third-order valence-corrected chi connectivity index (χ3v) is 9.32. The molecule has 2 saturated heterocycles. The molecule has 12 nitrogen and oxygen atoms in total. The Balaban J connectivity index is 1.81. The summed E-state index contributed by atoms with van der Waals surface area (Å²) in [6.45, 7) is 5.62. The van der Waals surface area contributed by atoms with E-state index in [1.807, 2.05) is 0 Å². The van der Waals surface area contributed by atoms with Gasteiger partial charge in [0.2, 0.25) is 29.5 Å². The second-order valence-electron chi connectivity index (χ2n) is 13.3. The Bertz CT molecular complexity index is 976. The number of primary amides is 1. The first-order chi connectivity index (χ1) is 22.0. The van der Waals surface area contributed by atoms with Crippen LogP contribution in [-0.2, 0) is 24.0 Å². The summed E-state index contributed by atoms with van der Waals surface area (Å²) in [7, 11) is 0. The molecule has 0 bridgehead atoms. The lowest BCUT2D eigenvalue weighted by molar-refractivity contribution is -0.149. The Hall–Kier alpha value is -2.73. The molecule has 2 aliphatic heterocycles. The average molecular weight is 652 g/mol. The van der Waals surface area contributed by atoms with Crippen LogP contribution in [0, 0.1) is 0 Å². The molecule has 0 aromatic heterocycles. The molecule has 0 saturated carbocycles. The van der Waals surface area contributed by atoms with Gasteiger partial charge in [-0.25, -0.2) is 0 Å². The van der Waals surface area contributed by atoms with Crippen LogP contribution in [0.15, 0.2) is 0 Å². The van der Waals surface area contributed by atoms with Crippen LogP contribution in [-0.4, -0.2) is 99.0 Å². The minimum atomic E-state index is -1.29. The summed E-state index contributed by atoms with van der Waals surface area (Å²) in [4.78, 5) is 67.4. The molecule has 0 aromatic rings. The standard InChI is InChI=1S/C34H61N5O7/c1-4-5-6-7-8-9-10-11-12-13-14-15-16-21-28(42)36-30(25(3)41)34(46)39-23-18-20-27(39)33(45)38-22-17-19-26(38)32(44)37-29(24(2)40)31(35)43/h24-27,29-30,40-41H,4-23H2,1-3H3,(H2,35,43)(H,36,42)(H,37,44)/t24-,25-,26+,27+,29+,30+/m1/s1. The van der Waals surface area contributed by atoms with E-state index in [9.17, 15) is 34.2 Å². The SMILES string of the molecule is CCCCCCCCCCCCCCCC(=O)N[C@H](C(=O)N1CCC[C@H]1C(=O)N1CCC[C@H]1C(=O)N[C@H](C(N)=O)[C@@H](C)O)[C@@H](C)O. The van der Waals surface area contributed by atoms with Gasteiger partial charge in [-0.1, -0.05) is 84.0 Å². The molecule has 0 unspecified atom stereocenters. The number of nitrogens with one attached hydrogen (secondary N) is 2. The van der Waals surface area contributed by atoms with Crippen molar-refractivity contribution in [3.05, 3.63) is 0 Å². The molecule has 6 atom stereocenters. The van der Waals surface area contributed by atoms with E-state index in [1.165, 1.54) is 81.4 Å². The summed E-state index contributed by atoms with van der Waals surface area (Å²) in [6.07, 6.45) is 15.4. The summed E-state index contributed by atoms with van der Waals surface area (Å²) in [5, 5.41) is 25.4. The van der Waals surface area contributed by atoms with Gasteiger partial charge in [-0.05, 0) is 46.0 Å². The maximum Gasteiger partial charge on any atom is 0.248 e. The summed E-state index contributed by atoms with van der Waals surface area (Å²) in [6, 6.07) is -4.16. The lowest BCUT2D eigenvalue weighted by Crippen LogP contribution is -2.59. The molecule has 46 heavy (non-hydrogen) atoms. The zero-order valence-electron chi connectivity index (χ0n) is 28.5. The van der Waals surface area contributed by atoms with Gasteiger partial charge in [0.15, 0.2) is 0 Å². The molecule has 2 aliphatic rings. The lowest BCUT2D eigenvalue weighted by Gasteiger charge is -2.34. The van der Waals surface area contributed by atoms with Crippen LogP contribution in [0.5, 0.6) is 0 Å². The fraction of sp³-hybridized carbons (Fsp3) is 0.853. The van der Waals surface area contributed by atoms with E-state index in [4.69, 9.17) is 5.73 Å². The van der Waals surface area contributed by atoms with Crippen LogP contribution in [0.4, 0.5) is 0 Å². The first-order valence-electron chi connectivity index (χ1n) is 17.9. The van der Waals surface area contributed by atoms with E-state index in [-0.39, 0.29) is 18.2 Å². The molecule has 2 rings (SSSR count). The number of aliphatic hydroxyl groups is 2. The third-order valence-electron chi connectivity index (χ3n) is 9.32. The largest absolute Gasteiger partial charge is 0.391 e. The quantitative estimate of drug-likeness (QED) is 0.112. The van der Waals surface area contributed by atoms with Gasteiger partial charge in [0.25, 0.3) is 0 Å². The third kappa shape index (κ3) is 12.8. The van der Waals surface area contributed by atoms with Crippen molar-refractivity contribution in [2.45, 2.75) is 173 Å². The maximum absolute atomic E-state index is 13.7. The van der Waals surface area contributed by atoms with Crippen molar-refractivity contribution in [3.8, 4) is 0 Å². The number of nitrogens with zero attached hydrogens (tertiary/aromatic N) is 2. The fourth-order valence-electron chi connectivity index (χ4n) is 6.58. The number of nitrogens with two attached hydrogens (primary N) is 1. The van der Waals surface area contributed by atoms with Crippen LogP contribution in [0.25, 0.3) is 0 Å². The highest BCUT2D eigenvalue weighted by atomic mass is 16.3. The predicted molar refractivity (Wildman–Crippen MR) is 176 cm³/mol. The van der Waals surface area contributed by atoms with Gasteiger partial charge in [-0.15, -0.1) is 0 Å². The number of unbranched alkanes of at least 4 members (excludes halogenated alkanes) is 12. The molecule has 264 valence electrons. The predicted octanol–water partition coefficient (Wildman–Crippen LogP) is 2.67. The smallest absolute Gasteiger partial charge is 0.248 e. The van der Waals surface area contributed by atoms with Crippen molar-refractivity contribution in [2.24, 2.45) is 5.73 Å². The molecule has 12 heteroatoms. The Morgan fingerprint density at radius 3 is 1.67 bits per heavy atom. The Morgan fingerprint density at radius 1 is 0.696 bits per heavy atom. The fourth-order valence-corrected chi connectivity index (χ4v) is 6.58. The number of rotatable bonds is 22. The van der Waals surface area contributed by atoms with Gasteiger partial charge in [-0.3, -0.25) is 24.0 Å². The van der Waals surface area contributed by atoms with Gasteiger partial charge >= 0.3 is 0 Å². The second-order valence-corrected chi connectivity index (χ2v) is 13.3. The monoisotopic (exact) mass is 651 g/mol. The Morgan fingerprint density at radius 2 is 1.17 bits per heavy atom. The first-order valence-corrected chi connectivity index (χ1v) is 17.9. The number of carbonyl (C=O) groups is 5. The zero-order valence-corrected chi connectivity index (χ0v) is 28.5. The van der Waals surface area contributed by atoms with E-state index >= 15 is 0 Å². The maximum atomic E-state index is 13.7. The molecular weight excluding hydrogens is 590 g/mol. The molecule has 2 fully saturated rings. The molecule has 6 N–H and O–H groups in total. The van der Waals surface area contributed by atoms with Crippen LogP contribution in [0.3, 0.4) is 0 Å². The van der Waals surface area contributed by atoms with Gasteiger partial charge in [0, 0.05) is 19.5 Å². The lowest BCUT2D eigenvalue weighted by atomic mass is 10.0. The molecule has 5 amide bonds. The first kappa shape index (κ1) is 39.4. The zero-order chi connectivity index (χ0) is 34.1. The second kappa shape index (κ2) is 21.2. The molecule has 2 heterocycles. The van der Waals surface area contributed by atoms with Crippen LogP contribution in [0.2, 0.25) is 0 Å². The van der Waals surface area contributed by atoms with Crippen LogP contribution < -0.4 is 16.4 Å². The van der Waals surface area contributed by atoms with E-state index in [0.29, 0.717) is 45.2 Å². The molecular formula is C34H61N5O7. The van der Waals surface area contributed by atoms with Crippen molar-refractivity contribution in [1.82, 2.24) is 20.4 Å². The topological polar surface area (TPSA) is 182 Å². The molecule has 0 radical (unpaired) electrons. The van der Waals surface area contributed by atoms with Gasteiger partial charge in [0.05, 0.1) is 12.2 Å². The van der Waals surface area contributed by atoms with Gasteiger partial charge < -0.3 is 36.4 Å². The minimum absolute atomic E-state index is 0.264. The Labute approximate surface area is 275 Å². The van der Waals surface area contributed by atoms with E-state index < -0.39 is 54.1 Å². The van der Waals surface area contributed by atoms with Crippen molar-refractivity contribution >= 4 is 29.5 Å². The highest BCUT2D eigenvalue weighted by Gasteiger charge is 2.44. The molecule has 0 aliphatic carbocycles.